The van der Waals surface area contributed by atoms with Crippen molar-refractivity contribution in [2.24, 2.45) is 0 Å². The van der Waals surface area contributed by atoms with Gasteiger partial charge in [0, 0.05) is 25.3 Å². The third kappa shape index (κ3) is 4.70. The van der Waals surface area contributed by atoms with Gasteiger partial charge in [0.05, 0.1) is 18.8 Å². The van der Waals surface area contributed by atoms with Gasteiger partial charge < -0.3 is 25.2 Å². The van der Waals surface area contributed by atoms with Gasteiger partial charge in [0.2, 0.25) is 0 Å². The summed E-state index contributed by atoms with van der Waals surface area (Å²) in [7, 11) is 0. The number of carbonyl (C=O) groups is 1. The minimum atomic E-state index is -0.542. The fraction of sp³-hybridized carbons (Fsp3) is 0.533. The predicted molar refractivity (Wildman–Crippen MR) is 78.6 cm³/mol. The number of aliphatic hydroxyl groups excluding tert-OH is 1. The van der Waals surface area contributed by atoms with Crippen LogP contribution in [0.1, 0.15) is 17.3 Å². The average Bonchev–Trinajstić information content (AvgIpc) is 2.89. The number of amides is 1. The quantitative estimate of drug-likeness (QED) is 0.625. The number of carbonyl (C=O) groups excluding carboxylic acids is 1. The Labute approximate surface area is 124 Å². The Bertz CT molecular complexity index is 467. The third-order valence-electron chi connectivity index (χ3n) is 3.30. The van der Waals surface area contributed by atoms with Gasteiger partial charge in [0.1, 0.15) is 12.4 Å². The van der Waals surface area contributed by atoms with E-state index in [-0.39, 0.29) is 11.9 Å². The van der Waals surface area contributed by atoms with E-state index in [1.165, 1.54) is 0 Å². The first-order valence-electron chi connectivity index (χ1n) is 7.21. The van der Waals surface area contributed by atoms with Gasteiger partial charge in [-0.3, -0.25) is 4.79 Å². The van der Waals surface area contributed by atoms with E-state index < -0.39 is 6.10 Å². The van der Waals surface area contributed by atoms with Crippen LogP contribution < -0.4 is 15.4 Å². The van der Waals surface area contributed by atoms with Crippen LogP contribution in [-0.2, 0) is 4.74 Å². The van der Waals surface area contributed by atoms with Crippen LogP contribution in [0.2, 0.25) is 0 Å². The molecule has 0 radical (unpaired) electrons. The minimum absolute atomic E-state index is 0.210. The van der Waals surface area contributed by atoms with Crippen molar-refractivity contribution in [3.05, 3.63) is 29.8 Å². The number of rotatable bonds is 7. The van der Waals surface area contributed by atoms with E-state index in [2.05, 4.69) is 10.6 Å². The van der Waals surface area contributed by atoms with E-state index in [9.17, 15) is 9.90 Å². The molecule has 3 N–H and O–H groups in total. The first-order valence-corrected chi connectivity index (χ1v) is 7.21. The lowest BCUT2D eigenvalue weighted by molar-refractivity contribution is 0.0887. The Kier molecular flexibility index (Phi) is 5.98. The van der Waals surface area contributed by atoms with E-state index in [1.54, 1.807) is 24.3 Å². The van der Waals surface area contributed by atoms with Gasteiger partial charge in [-0.15, -0.1) is 0 Å². The zero-order valence-electron chi connectivity index (χ0n) is 12.2. The standard InChI is InChI=1S/C15H22N2O4/c1-2-20-6-7-21-12-5-3-4-11(8-12)15(19)17-13-9-16-10-14(13)18/h3-5,8,13-14,16,18H,2,6-7,9-10H2,1H3,(H,17,19)/t13-,14-/m1/s1. The van der Waals surface area contributed by atoms with E-state index in [0.29, 0.717) is 44.2 Å². The largest absolute Gasteiger partial charge is 0.491 e. The van der Waals surface area contributed by atoms with Crippen LogP contribution in [0.3, 0.4) is 0 Å². The van der Waals surface area contributed by atoms with Crippen LogP contribution in [0.15, 0.2) is 24.3 Å². The Morgan fingerprint density at radius 1 is 1.43 bits per heavy atom. The summed E-state index contributed by atoms with van der Waals surface area (Å²) in [6.07, 6.45) is -0.542. The SMILES string of the molecule is CCOCCOc1cccc(C(=O)N[C@@H]2CNC[C@H]2O)c1. The van der Waals surface area contributed by atoms with Crippen molar-refractivity contribution in [2.75, 3.05) is 32.9 Å². The molecule has 1 heterocycles. The number of β-amino-alcohol motifs (C(OH)–C–C–N with tert-alkyl or cyclic N) is 1. The Morgan fingerprint density at radius 2 is 2.29 bits per heavy atom. The highest BCUT2D eigenvalue weighted by Crippen LogP contribution is 2.14. The van der Waals surface area contributed by atoms with Gasteiger partial charge in [0.15, 0.2) is 0 Å². The molecular formula is C15H22N2O4. The molecule has 6 nitrogen and oxygen atoms in total. The summed E-state index contributed by atoms with van der Waals surface area (Å²) in [6, 6.07) is 6.73. The number of hydrogen-bond donors (Lipinski definition) is 3. The molecule has 6 heteroatoms. The van der Waals surface area contributed by atoms with E-state index in [0.717, 1.165) is 0 Å². The smallest absolute Gasteiger partial charge is 0.251 e. The molecule has 116 valence electrons. The molecule has 1 amide bonds. The van der Waals surface area contributed by atoms with Crippen LogP contribution in [0.5, 0.6) is 5.75 Å². The number of ether oxygens (including phenoxy) is 2. The van der Waals surface area contributed by atoms with Gasteiger partial charge >= 0.3 is 0 Å². The zero-order valence-corrected chi connectivity index (χ0v) is 12.2. The van der Waals surface area contributed by atoms with Gasteiger partial charge in [-0.25, -0.2) is 0 Å². The van der Waals surface area contributed by atoms with Gasteiger partial charge in [-0.05, 0) is 25.1 Å². The van der Waals surface area contributed by atoms with Crippen molar-refractivity contribution < 1.29 is 19.4 Å². The molecule has 1 saturated heterocycles. The molecule has 21 heavy (non-hydrogen) atoms. The van der Waals surface area contributed by atoms with Crippen molar-refractivity contribution >= 4 is 5.91 Å². The second-order valence-corrected chi connectivity index (χ2v) is 4.88. The highest BCUT2D eigenvalue weighted by molar-refractivity contribution is 5.94. The van der Waals surface area contributed by atoms with Crippen molar-refractivity contribution in [2.45, 2.75) is 19.1 Å². The average molecular weight is 294 g/mol. The van der Waals surface area contributed by atoms with Gasteiger partial charge in [0.25, 0.3) is 5.91 Å². The van der Waals surface area contributed by atoms with Crippen LogP contribution in [0, 0.1) is 0 Å². The van der Waals surface area contributed by atoms with Crippen molar-refractivity contribution in [3.8, 4) is 5.75 Å². The lowest BCUT2D eigenvalue weighted by Gasteiger charge is -2.15. The van der Waals surface area contributed by atoms with Crippen LogP contribution >= 0.6 is 0 Å². The molecule has 2 rings (SSSR count). The fourth-order valence-corrected chi connectivity index (χ4v) is 2.15. The topological polar surface area (TPSA) is 79.8 Å². The summed E-state index contributed by atoms with van der Waals surface area (Å²) in [5, 5.41) is 15.5. The second-order valence-electron chi connectivity index (χ2n) is 4.88. The maximum Gasteiger partial charge on any atom is 0.251 e. The molecule has 0 bridgehead atoms. The van der Waals surface area contributed by atoms with E-state index in [4.69, 9.17) is 9.47 Å². The Hall–Kier alpha value is -1.63. The highest BCUT2D eigenvalue weighted by atomic mass is 16.5. The van der Waals surface area contributed by atoms with Crippen LogP contribution in [0.25, 0.3) is 0 Å². The van der Waals surface area contributed by atoms with E-state index >= 15 is 0 Å². The molecule has 1 aliphatic heterocycles. The Morgan fingerprint density at radius 3 is 3.00 bits per heavy atom. The molecule has 1 aliphatic rings. The van der Waals surface area contributed by atoms with Crippen LogP contribution in [-0.4, -0.2) is 56.1 Å². The van der Waals surface area contributed by atoms with E-state index in [1.807, 2.05) is 6.92 Å². The minimum Gasteiger partial charge on any atom is -0.491 e. The maximum absolute atomic E-state index is 12.1. The molecule has 0 unspecified atom stereocenters. The van der Waals surface area contributed by atoms with Crippen LogP contribution in [0.4, 0.5) is 0 Å². The highest BCUT2D eigenvalue weighted by Gasteiger charge is 2.26. The third-order valence-corrected chi connectivity index (χ3v) is 3.30. The first kappa shape index (κ1) is 15.8. The Balaban J connectivity index is 1.88. The zero-order chi connectivity index (χ0) is 15.1. The summed E-state index contributed by atoms with van der Waals surface area (Å²) in [5.41, 5.74) is 0.517. The predicted octanol–water partition coefficient (Wildman–Crippen LogP) is 0.164. The molecule has 1 fully saturated rings. The second kappa shape index (κ2) is 7.97. The number of aliphatic hydroxyl groups is 1. The number of hydrogen-bond acceptors (Lipinski definition) is 5. The molecule has 0 aromatic heterocycles. The van der Waals surface area contributed by atoms with Gasteiger partial charge in [-0.1, -0.05) is 6.07 Å². The molecule has 0 saturated carbocycles. The fourth-order valence-electron chi connectivity index (χ4n) is 2.15. The molecule has 1 aromatic carbocycles. The monoisotopic (exact) mass is 294 g/mol. The summed E-state index contributed by atoms with van der Waals surface area (Å²) in [4.78, 5) is 12.1. The number of nitrogens with one attached hydrogen (secondary N) is 2. The summed E-state index contributed by atoms with van der Waals surface area (Å²) in [6.45, 7) is 4.64. The van der Waals surface area contributed by atoms with Crippen molar-refractivity contribution in [1.82, 2.24) is 10.6 Å². The summed E-state index contributed by atoms with van der Waals surface area (Å²) in [5.74, 6) is 0.422. The molecular weight excluding hydrogens is 272 g/mol. The normalized spacial score (nSPS) is 21.2. The first-order chi connectivity index (χ1) is 10.2. The summed E-state index contributed by atoms with van der Waals surface area (Å²) >= 11 is 0. The van der Waals surface area contributed by atoms with Gasteiger partial charge in [-0.2, -0.15) is 0 Å². The number of benzene rings is 1. The van der Waals surface area contributed by atoms with Crippen molar-refractivity contribution in [3.63, 3.8) is 0 Å². The maximum atomic E-state index is 12.1. The molecule has 0 spiro atoms. The molecule has 1 aromatic rings. The lowest BCUT2D eigenvalue weighted by atomic mass is 10.1. The van der Waals surface area contributed by atoms with Crippen molar-refractivity contribution in [1.29, 1.82) is 0 Å². The molecule has 2 atom stereocenters. The lowest BCUT2D eigenvalue weighted by Crippen LogP contribution is -2.42. The molecule has 0 aliphatic carbocycles. The summed E-state index contributed by atoms with van der Waals surface area (Å²) < 4.78 is 10.7.